The maximum atomic E-state index is 13.3. The number of nitrogens with zero attached hydrogens (tertiary/aromatic N) is 1. The second-order valence-corrected chi connectivity index (χ2v) is 9.44. The number of carbonyl (C=O) groups is 2. The normalized spacial score (nSPS) is 15.3. The van der Waals surface area contributed by atoms with Gasteiger partial charge >= 0.3 is 0 Å². The van der Waals surface area contributed by atoms with Gasteiger partial charge in [0.05, 0.1) is 5.75 Å². The molecule has 4 nitrogen and oxygen atoms in total. The molecule has 2 aromatic carbocycles. The summed E-state index contributed by atoms with van der Waals surface area (Å²) < 4.78 is 0. The minimum absolute atomic E-state index is 0.0560. The van der Waals surface area contributed by atoms with Crippen molar-refractivity contribution < 1.29 is 9.59 Å². The van der Waals surface area contributed by atoms with E-state index >= 15 is 0 Å². The van der Waals surface area contributed by atoms with E-state index in [0.29, 0.717) is 18.0 Å². The van der Waals surface area contributed by atoms with Crippen molar-refractivity contribution in [3.05, 3.63) is 65.2 Å². The highest BCUT2D eigenvalue weighted by atomic mass is 35.5. The first kappa shape index (κ1) is 23.7. The van der Waals surface area contributed by atoms with Gasteiger partial charge in [-0.1, -0.05) is 74.2 Å². The molecule has 2 aromatic rings. The Bertz CT molecular complexity index is 856. The third kappa shape index (κ3) is 7.01. The Hall–Kier alpha value is -1.98. The van der Waals surface area contributed by atoms with Crippen molar-refractivity contribution in [1.29, 1.82) is 0 Å². The van der Waals surface area contributed by atoms with E-state index in [0.717, 1.165) is 36.1 Å². The second kappa shape index (κ2) is 12.2. The summed E-state index contributed by atoms with van der Waals surface area (Å²) in [7, 11) is 0. The zero-order valence-corrected chi connectivity index (χ0v) is 19.6. The van der Waals surface area contributed by atoms with Crippen molar-refractivity contribution >= 4 is 35.2 Å². The van der Waals surface area contributed by atoms with Crippen LogP contribution in [0.1, 0.15) is 51.0 Å². The van der Waals surface area contributed by atoms with E-state index in [1.54, 1.807) is 4.90 Å². The number of halogens is 1. The Morgan fingerprint density at radius 2 is 1.74 bits per heavy atom. The first-order chi connectivity index (χ1) is 15.1. The van der Waals surface area contributed by atoms with Crippen LogP contribution >= 0.6 is 23.4 Å². The first-order valence-corrected chi connectivity index (χ1v) is 12.5. The van der Waals surface area contributed by atoms with Crippen molar-refractivity contribution in [1.82, 2.24) is 10.2 Å². The van der Waals surface area contributed by atoms with E-state index in [4.69, 9.17) is 11.6 Å². The third-order valence-corrected chi connectivity index (χ3v) is 7.11. The van der Waals surface area contributed by atoms with Crippen molar-refractivity contribution in [3.8, 4) is 0 Å². The van der Waals surface area contributed by atoms with Crippen LogP contribution < -0.4 is 5.32 Å². The molecule has 1 saturated carbocycles. The fourth-order valence-electron chi connectivity index (χ4n) is 4.02. The van der Waals surface area contributed by atoms with Gasteiger partial charge in [0.2, 0.25) is 11.8 Å². The molecule has 0 bridgehead atoms. The number of benzene rings is 2. The molecule has 1 aliphatic carbocycles. The molecule has 1 atom stereocenters. The highest BCUT2D eigenvalue weighted by molar-refractivity contribution is 8.00. The van der Waals surface area contributed by atoms with E-state index in [2.05, 4.69) is 5.32 Å². The molecule has 31 heavy (non-hydrogen) atoms. The summed E-state index contributed by atoms with van der Waals surface area (Å²) in [4.78, 5) is 29.2. The quantitative estimate of drug-likeness (QED) is 0.491. The molecule has 0 radical (unpaired) electrons. The number of nitrogens with one attached hydrogen (secondary N) is 1. The number of rotatable bonds is 9. The highest BCUT2D eigenvalue weighted by Crippen LogP contribution is 2.23. The van der Waals surface area contributed by atoms with E-state index in [-0.39, 0.29) is 23.6 Å². The highest BCUT2D eigenvalue weighted by Gasteiger charge is 2.30. The Kier molecular flexibility index (Phi) is 9.29. The molecule has 166 valence electrons. The zero-order chi connectivity index (χ0) is 22.1. The van der Waals surface area contributed by atoms with E-state index in [9.17, 15) is 9.59 Å². The second-order valence-electron chi connectivity index (χ2n) is 7.98. The van der Waals surface area contributed by atoms with Crippen molar-refractivity contribution in [2.45, 2.75) is 69.0 Å². The maximum absolute atomic E-state index is 13.3. The van der Waals surface area contributed by atoms with Crippen LogP contribution in [0.2, 0.25) is 5.02 Å². The van der Waals surface area contributed by atoms with Gasteiger partial charge < -0.3 is 10.2 Å². The van der Waals surface area contributed by atoms with Crippen LogP contribution in [0.25, 0.3) is 0 Å². The van der Waals surface area contributed by atoms with E-state index < -0.39 is 6.04 Å². The SMILES string of the molecule is CC[C@@H](C(=O)NC1CCCCC1)N(Cc1ccccc1Cl)C(=O)CSc1ccccc1. The minimum atomic E-state index is -0.512. The molecule has 0 saturated heterocycles. The standard InChI is InChI=1S/C25H31ClN2O2S/c1-2-23(25(30)27-20-12-5-3-6-13-20)28(17-19-11-9-10-16-22(19)26)24(29)18-31-21-14-7-4-8-15-21/h4,7-11,14-16,20,23H,2-3,5-6,12-13,17-18H2,1H3,(H,27,30)/t23-/m0/s1. The fourth-order valence-corrected chi connectivity index (χ4v) is 5.02. The summed E-state index contributed by atoms with van der Waals surface area (Å²) in [5, 5.41) is 3.82. The predicted octanol–water partition coefficient (Wildman–Crippen LogP) is 5.69. The predicted molar refractivity (Wildman–Crippen MR) is 128 cm³/mol. The van der Waals surface area contributed by atoms with Crippen molar-refractivity contribution in [2.75, 3.05) is 5.75 Å². The van der Waals surface area contributed by atoms with Gasteiger partial charge in [0.1, 0.15) is 6.04 Å². The zero-order valence-electron chi connectivity index (χ0n) is 18.1. The minimum Gasteiger partial charge on any atom is -0.352 e. The fraction of sp³-hybridized carbons (Fsp3) is 0.440. The Balaban J connectivity index is 1.75. The molecule has 0 unspecified atom stereocenters. The molecular weight excluding hydrogens is 428 g/mol. The summed E-state index contributed by atoms with van der Waals surface area (Å²) >= 11 is 7.88. The van der Waals surface area contributed by atoms with Crippen molar-refractivity contribution in [3.63, 3.8) is 0 Å². The average Bonchev–Trinajstić information content (AvgIpc) is 2.80. The molecule has 1 aliphatic rings. The topological polar surface area (TPSA) is 49.4 Å². The molecule has 0 aromatic heterocycles. The maximum Gasteiger partial charge on any atom is 0.243 e. The third-order valence-electron chi connectivity index (χ3n) is 5.74. The van der Waals surface area contributed by atoms with Crippen LogP contribution in [0.4, 0.5) is 0 Å². The first-order valence-electron chi connectivity index (χ1n) is 11.1. The van der Waals surface area contributed by atoms with Crippen LogP contribution in [-0.2, 0) is 16.1 Å². The van der Waals surface area contributed by atoms with Crippen molar-refractivity contribution in [2.24, 2.45) is 0 Å². The number of hydrogen-bond acceptors (Lipinski definition) is 3. The lowest BCUT2D eigenvalue weighted by molar-refractivity contribution is -0.139. The van der Waals surface area contributed by atoms with Crippen LogP contribution in [0.15, 0.2) is 59.5 Å². The Morgan fingerprint density at radius 3 is 2.42 bits per heavy atom. The van der Waals surface area contributed by atoms with Gasteiger partial charge in [-0.3, -0.25) is 9.59 Å². The lowest BCUT2D eigenvalue weighted by atomic mass is 9.95. The monoisotopic (exact) mass is 458 g/mol. The number of carbonyl (C=O) groups excluding carboxylic acids is 2. The summed E-state index contributed by atoms with van der Waals surface area (Å²) in [5.74, 6) is 0.167. The molecule has 1 N–H and O–H groups in total. The Morgan fingerprint density at radius 1 is 1.06 bits per heavy atom. The van der Waals surface area contributed by atoms with Crippen LogP contribution in [0, 0.1) is 0 Å². The number of hydrogen-bond donors (Lipinski definition) is 1. The summed E-state index contributed by atoms with van der Waals surface area (Å²) in [6, 6.07) is 17.1. The number of thioether (sulfide) groups is 1. The van der Waals surface area contributed by atoms with Gasteiger partial charge in [0.15, 0.2) is 0 Å². The van der Waals surface area contributed by atoms with E-state index in [1.807, 2.05) is 61.5 Å². The molecule has 6 heteroatoms. The Labute approximate surface area is 194 Å². The molecule has 0 spiro atoms. The largest absolute Gasteiger partial charge is 0.352 e. The summed E-state index contributed by atoms with van der Waals surface area (Å²) in [6.45, 7) is 2.28. The van der Waals surface area contributed by atoms with E-state index in [1.165, 1.54) is 18.2 Å². The van der Waals surface area contributed by atoms with Crippen LogP contribution in [-0.4, -0.2) is 34.6 Å². The van der Waals surface area contributed by atoms with Crippen LogP contribution in [0.5, 0.6) is 0 Å². The summed E-state index contributed by atoms with van der Waals surface area (Å²) in [6.07, 6.45) is 6.13. The van der Waals surface area contributed by atoms with Gasteiger partial charge in [-0.2, -0.15) is 0 Å². The summed E-state index contributed by atoms with van der Waals surface area (Å²) in [5.41, 5.74) is 0.853. The van der Waals surface area contributed by atoms with Gasteiger partial charge in [-0.15, -0.1) is 11.8 Å². The number of amides is 2. The lowest BCUT2D eigenvalue weighted by Gasteiger charge is -2.33. The van der Waals surface area contributed by atoms with Gasteiger partial charge in [-0.25, -0.2) is 0 Å². The molecule has 0 heterocycles. The van der Waals surface area contributed by atoms with Crippen LogP contribution in [0.3, 0.4) is 0 Å². The van der Waals surface area contributed by atoms with Gasteiger partial charge in [-0.05, 0) is 43.0 Å². The van der Waals surface area contributed by atoms with Gasteiger partial charge in [0.25, 0.3) is 0 Å². The smallest absolute Gasteiger partial charge is 0.243 e. The molecule has 0 aliphatic heterocycles. The molecular formula is C25H31ClN2O2S. The lowest BCUT2D eigenvalue weighted by Crippen LogP contribution is -2.52. The molecule has 2 amide bonds. The average molecular weight is 459 g/mol. The van der Waals surface area contributed by atoms with Gasteiger partial charge in [0, 0.05) is 22.5 Å². The molecule has 3 rings (SSSR count). The molecule has 1 fully saturated rings.